The van der Waals surface area contributed by atoms with Crippen LogP contribution in [-0.2, 0) is 27.8 Å². The minimum atomic E-state index is -4.05. The van der Waals surface area contributed by atoms with Crippen molar-refractivity contribution in [1.29, 1.82) is 0 Å². The summed E-state index contributed by atoms with van der Waals surface area (Å²) in [5, 5.41) is 3.09. The molecule has 0 spiro atoms. The maximum absolute atomic E-state index is 13.3. The standard InChI is InChI=1S/C22H18ClFN2O3S/c23-19-7-3-4-8-20(19)25-22(27)21-13-15-5-1-2-6-16(15)14-26(21)30(28,29)18-11-9-17(24)10-12-18/h1-12,21H,13-14H2,(H,25,27)/t21-/m0/s1. The van der Waals surface area contributed by atoms with Gasteiger partial charge in [0.05, 0.1) is 15.6 Å². The number of carbonyl (C=O) groups is 1. The van der Waals surface area contributed by atoms with Crippen LogP contribution in [0.3, 0.4) is 0 Å². The van der Waals surface area contributed by atoms with E-state index in [1.807, 2.05) is 24.3 Å². The van der Waals surface area contributed by atoms with Crippen molar-refractivity contribution in [3.05, 3.63) is 94.8 Å². The largest absolute Gasteiger partial charge is 0.323 e. The number of fused-ring (bicyclic) bond motifs is 1. The van der Waals surface area contributed by atoms with E-state index in [0.29, 0.717) is 10.7 Å². The highest BCUT2D eigenvalue weighted by atomic mass is 35.5. The van der Waals surface area contributed by atoms with Crippen molar-refractivity contribution in [2.45, 2.75) is 23.9 Å². The number of halogens is 2. The number of rotatable bonds is 4. The molecule has 1 aliphatic rings. The Hall–Kier alpha value is -2.74. The Kier molecular flexibility index (Phi) is 5.60. The number of hydrogen-bond acceptors (Lipinski definition) is 3. The second kappa shape index (κ2) is 8.18. The van der Waals surface area contributed by atoms with Gasteiger partial charge in [-0.15, -0.1) is 0 Å². The Bertz CT molecular complexity index is 1200. The molecule has 1 atom stereocenters. The van der Waals surface area contributed by atoms with Gasteiger partial charge in [-0.1, -0.05) is 48.0 Å². The maximum atomic E-state index is 13.3. The van der Waals surface area contributed by atoms with Gasteiger partial charge in [0.25, 0.3) is 0 Å². The number of carbonyl (C=O) groups excluding carboxylic acids is 1. The topological polar surface area (TPSA) is 66.5 Å². The lowest BCUT2D eigenvalue weighted by Crippen LogP contribution is -2.50. The van der Waals surface area contributed by atoms with Gasteiger partial charge in [-0.25, -0.2) is 12.8 Å². The Morgan fingerprint density at radius 2 is 1.60 bits per heavy atom. The van der Waals surface area contributed by atoms with E-state index in [9.17, 15) is 17.6 Å². The van der Waals surface area contributed by atoms with Crippen LogP contribution in [0.5, 0.6) is 0 Å². The monoisotopic (exact) mass is 444 g/mol. The molecule has 5 nitrogen and oxygen atoms in total. The third-order valence-electron chi connectivity index (χ3n) is 5.06. The average molecular weight is 445 g/mol. The van der Waals surface area contributed by atoms with E-state index in [1.165, 1.54) is 12.1 Å². The van der Waals surface area contributed by atoms with Gasteiger partial charge in [-0.3, -0.25) is 4.79 Å². The highest BCUT2D eigenvalue weighted by Gasteiger charge is 2.39. The lowest BCUT2D eigenvalue weighted by molar-refractivity contribution is -0.120. The van der Waals surface area contributed by atoms with Crippen molar-refractivity contribution in [2.75, 3.05) is 5.32 Å². The summed E-state index contributed by atoms with van der Waals surface area (Å²) in [5.41, 5.74) is 2.13. The van der Waals surface area contributed by atoms with Crippen molar-refractivity contribution in [2.24, 2.45) is 0 Å². The molecule has 3 aromatic carbocycles. The molecule has 0 saturated carbocycles. The zero-order chi connectivity index (χ0) is 21.3. The SMILES string of the molecule is O=C(Nc1ccccc1Cl)[C@@H]1Cc2ccccc2CN1S(=O)(=O)c1ccc(F)cc1. The molecule has 1 amide bonds. The van der Waals surface area contributed by atoms with Crippen LogP contribution in [0.15, 0.2) is 77.7 Å². The summed E-state index contributed by atoms with van der Waals surface area (Å²) in [6.07, 6.45) is 0.215. The summed E-state index contributed by atoms with van der Waals surface area (Å²) < 4.78 is 41.2. The summed E-state index contributed by atoms with van der Waals surface area (Å²) in [6.45, 7) is 0.0382. The number of amides is 1. The summed E-state index contributed by atoms with van der Waals surface area (Å²) in [6, 6.07) is 17.7. The van der Waals surface area contributed by atoms with Gasteiger partial charge in [0, 0.05) is 6.54 Å². The molecule has 8 heteroatoms. The van der Waals surface area contributed by atoms with Crippen molar-refractivity contribution in [1.82, 2.24) is 4.31 Å². The van der Waals surface area contributed by atoms with Crippen LogP contribution in [0, 0.1) is 5.82 Å². The Morgan fingerprint density at radius 1 is 0.967 bits per heavy atom. The first-order valence-electron chi connectivity index (χ1n) is 9.26. The van der Waals surface area contributed by atoms with Crippen LogP contribution in [0.2, 0.25) is 5.02 Å². The van der Waals surface area contributed by atoms with E-state index in [0.717, 1.165) is 27.6 Å². The fourth-order valence-corrected chi connectivity index (χ4v) is 5.24. The number of hydrogen-bond donors (Lipinski definition) is 1. The van der Waals surface area contributed by atoms with E-state index >= 15 is 0 Å². The minimum absolute atomic E-state index is 0.0382. The zero-order valence-electron chi connectivity index (χ0n) is 15.8. The van der Waals surface area contributed by atoms with Crippen LogP contribution < -0.4 is 5.32 Å². The van der Waals surface area contributed by atoms with Crippen LogP contribution >= 0.6 is 11.6 Å². The second-order valence-corrected chi connectivity index (χ2v) is 9.26. The molecular weight excluding hydrogens is 427 g/mol. The molecule has 1 heterocycles. The van der Waals surface area contributed by atoms with Gasteiger partial charge < -0.3 is 5.32 Å². The molecule has 1 N–H and O–H groups in total. The predicted octanol–water partition coefficient (Wildman–Crippen LogP) is 4.23. The Balaban J connectivity index is 1.73. The Morgan fingerprint density at radius 3 is 2.30 bits per heavy atom. The van der Waals surface area contributed by atoms with Crippen molar-refractivity contribution in [3.63, 3.8) is 0 Å². The molecule has 0 aromatic heterocycles. The summed E-state index contributed by atoms with van der Waals surface area (Å²) in [5.74, 6) is -1.02. The first-order valence-corrected chi connectivity index (χ1v) is 11.1. The minimum Gasteiger partial charge on any atom is -0.323 e. The highest BCUT2D eigenvalue weighted by Crippen LogP contribution is 2.30. The molecule has 0 unspecified atom stereocenters. The van der Waals surface area contributed by atoms with Gasteiger partial charge in [0.2, 0.25) is 15.9 Å². The predicted molar refractivity (Wildman–Crippen MR) is 113 cm³/mol. The fourth-order valence-electron chi connectivity index (χ4n) is 3.50. The first-order chi connectivity index (χ1) is 14.4. The molecule has 3 aromatic rings. The van der Waals surface area contributed by atoms with Crippen LogP contribution in [0.1, 0.15) is 11.1 Å². The third kappa shape index (κ3) is 3.96. The quantitative estimate of drug-likeness (QED) is 0.654. The molecule has 4 rings (SSSR count). The molecule has 0 aliphatic carbocycles. The summed E-state index contributed by atoms with van der Waals surface area (Å²) in [7, 11) is -4.05. The number of para-hydroxylation sites is 1. The molecule has 0 saturated heterocycles. The van der Waals surface area contributed by atoms with Gasteiger partial charge in [-0.05, 0) is 53.9 Å². The number of nitrogens with one attached hydrogen (secondary N) is 1. The molecular formula is C22H18ClFN2O3S. The van der Waals surface area contributed by atoms with Gasteiger partial charge in [-0.2, -0.15) is 4.31 Å². The smallest absolute Gasteiger partial charge is 0.244 e. The second-order valence-electron chi connectivity index (χ2n) is 6.96. The lowest BCUT2D eigenvalue weighted by atomic mass is 9.95. The van der Waals surface area contributed by atoms with E-state index in [2.05, 4.69) is 5.32 Å². The summed E-state index contributed by atoms with van der Waals surface area (Å²) in [4.78, 5) is 13.1. The fraction of sp³-hybridized carbons (Fsp3) is 0.136. The molecule has 0 radical (unpaired) electrons. The van der Waals surface area contributed by atoms with Crippen LogP contribution in [0.25, 0.3) is 0 Å². The van der Waals surface area contributed by atoms with E-state index in [4.69, 9.17) is 11.6 Å². The number of sulfonamides is 1. The zero-order valence-corrected chi connectivity index (χ0v) is 17.3. The molecule has 30 heavy (non-hydrogen) atoms. The van der Waals surface area contributed by atoms with E-state index in [1.54, 1.807) is 24.3 Å². The first kappa shape index (κ1) is 20.5. The van der Waals surface area contributed by atoms with Gasteiger partial charge >= 0.3 is 0 Å². The molecule has 1 aliphatic heterocycles. The van der Waals surface area contributed by atoms with Crippen molar-refractivity contribution >= 4 is 33.2 Å². The van der Waals surface area contributed by atoms with Crippen LogP contribution in [0.4, 0.5) is 10.1 Å². The van der Waals surface area contributed by atoms with E-state index < -0.39 is 27.8 Å². The van der Waals surface area contributed by atoms with Crippen molar-refractivity contribution in [3.8, 4) is 0 Å². The molecule has 0 fully saturated rings. The summed E-state index contributed by atoms with van der Waals surface area (Å²) >= 11 is 6.14. The van der Waals surface area contributed by atoms with Crippen molar-refractivity contribution < 1.29 is 17.6 Å². The average Bonchev–Trinajstić information content (AvgIpc) is 2.74. The lowest BCUT2D eigenvalue weighted by Gasteiger charge is -2.35. The number of nitrogens with zero attached hydrogens (tertiary/aromatic N) is 1. The van der Waals surface area contributed by atoms with E-state index in [-0.39, 0.29) is 17.9 Å². The number of benzene rings is 3. The maximum Gasteiger partial charge on any atom is 0.244 e. The molecule has 154 valence electrons. The Labute approximate surface area is 179 Å². The number of anilines is 1. The van der Waals surface area contributed by atoms with Gasteiger partial charge in [0.1, 0.15) is 11.9 Å². The highest BCUT2D eigenvalue weighted by molar-refractivity contribution is 7.89. The molecule has 0 bridgehead atoms. The normalized spacial score (nSPS) is 16.7. The third-order valence-corrected chi connectivity index (χ3v) is 7.26. The van der Waals surface area contributed by atoms with Gasteiger partial charge in [0.15, 0.2) is 0 Å². The van der Waals surface area contributed by atoms with Crippen LogP contribution in [-0.4, -0.2) is 24.7 Å².